The molecule has 0 aliphatic carbocycles. The Balaban J connectivity index is 1.98. The molecule has 0 bridgehead atoms. The second-order valence-electron chi connectivity index (χ2n) is 5.23. The van der Waals surface area contributed by atoms with Gasteiger partial charge in [0.05, 0.1) is 12.1 Å². The van der Waals surface area contributed by atoms with Gasteiger partial charge in [0.15, 0.2) is 0 Å². The molecule has 6 heteroatoms. The number of anilines is 1. The van der Waals surface area contributed by atoms with Crippen LogP contribution in [0.15, 0.2) is 29.4 Å². The minimum absolute atomic E-state index is 0.0917. The topological polar surface area (TPSA) is 82.0 Å². The van der Waals surface area contributed by atoms with Crippen molar-refractivity contribution in [3.8, 4) is 0 Å². The molecule has 1 heterocycles. The number of carbonyl (C=O) groups is 2. The second-order valence-corrected chi connectivity index (χ2v) is 5.23. The summed E-state index contributed by atoms with van der Waals surface area (Å²) in [5, 5.41) is 17.6. The van der Waals surface area contributed by atoms with E-state index in [0.29, 0.717) is 5.56 Å². The predicted octanol–water partition coefficient (Wildman–Crippen LogP) is 1.87. The lowest BCUT2D eigenvalue weighted by Crippen LogP contribution is -2.34. The molecule has 2 rings (SSSR count). The van der Waals surface area contributed by atoms with E-state index in [1.165, 1.54) is 0 Å². The summed E-state index contributed by atoms with van der Waals surface area (Å²) < 4.78 is 0. The van der Waals surface area contributed by atoms with E-state index in [4.69, 9.17) is 5.11 Å². The summed E-state index contributed by atoms with van der Waals surface area (Å²) in [6.45, 7) is 4.51. The van der Waals surface area contributed by atoms with Gasteiger partial charge in [-0.25, -0.2) is 0 Å². The summed E-state index contributed by atoms with van der Waals surface area (Å²) in [6, 6.07) is 6.74. The van der Waals surface area contributed by atoms with Crippen molar-refractivity contribution in [3.63, 3.8) is 0 Å². The number of amides is 1. The molecule has 0 aromatic heterocycles. The number of carbonyl (C=O) groups excluding carboxylic acids is 1. The van der Waals surface area contributed by atoms with Gasteiger partial charge in [-0.05, 0) is 38.1 Å². The van der Waals surface area contributed by atoms with E-state index < -0.39 is 12.0 Å². The Kier molecular flexibility index (Phi) is 4.57. The third kappa shape index (κ3) is 4.05. The average molecular weight is 289 g/mol. The van der Waals surface area contributed by atoms with Gasteiger partial charge in [0.25, 0.3) is 5.91 Å². The number of nitrogens with one attached hydrogen (secondary N) is 1. The number of carboxylic acids is 1. The van der Waals surface area contributed by atoms with E-state index in [-0.39, 0.29) is 12.3 Å². The zero-order valence-electron chi connectivity index (χ0n) is 12.2. The number of hydrogen-bond acceptors (Lipinski definition) is 4. The molecule has 0 radical (unpaired) electrons. The van der Waals surface area contributed by atoms with Crippen molar-refractivity contribution < 1.29 is 14.7 Å². The Hall–Kier alpha value is -2.37. The quantitative estimate of drug-likeness (QED) is 0.867. The molecule has 0 fully saturated rings. The first-order valence-corrected chi connectivity index (χ1v) is 6.90. The number of hydrogen-bond donors (Lipinski definition) is 2. The monoisotopic (exact) mass is 289 g/mol. The van der Waals surface area contributed by atoms with Crippen molar-refractivity contribution in [1.29, 1.82) is 0 Å². The third-order valence-electron chi connectivity index (χ3n) is 3.26. The van der Waals surface area contributed by atoms with E-state index in [2.05, 4.69) is 10.4 Å². The molecule has 1 aliphatic rings. The first-order valence-electron chi connectivity index (χ1n) is 6.90. The summed E-state index contributed by atoms with van der Waals surface area (Å²) in [4.78, 5) is 22.6. The minimum Gasteiger partial charge on any atom is -0.481 e. The molecule has 1 amide bonds. The fourth-order valence-electron chi connectivity index (χ4n) is 2.17. The van der Waals surface area contributed by atoms with Gasteiger partial charge in [-0.15, -0.1) is 0 Å². The SMILES string of the molecule is CC1=NN(c2ccc(C(=O)NC(C)CC(=O)O)cc2)CC1. The van der Waals surface area contributed by atoms with Gasteiger partial charge < -0.3 is 10.4 Å². The zero-order chi connectivity index (χ0) is 15.4. The van der Waals surface area contributed by atoms with Crippen LogP contribution in [0.2, 0.25) is 0 Å². The lowest BCUT2D eigenvalue weighted by Gasteiger charge is -2.15. The highest BCUT2D eigenvalue weighted by Gasteiger charge is 2.15. The van der Waals surface area contributed by atoms with Gasteiger partial charge in [0, 0.05) is 30.3 Å². The standard InChI is InChI=1S/C15H19N3O3/c1-10-7-8-18(17-10)13-5-3-12(4-6-13)15(21)16-11(2)9-14(19)20/h3-6,11H,7-9H2,1-2H3,(H,16,21)(H,19,20). The van der Waals surface area contributed by atoms with Crippen LogP contribution in [-0.4, -0.2) is 35.3 Å². The zero-order valence-corrected chi connectivity index (χ0v) is 12.2. The maximum absolute atomic E-state index is 12.0. The van der Waals surface area contributed by atoms with E-state index in [0.717, 1.165) is 24.4 Å². The maximum Gasteiger partial charge on any atom is 0.305 e. The smallest absolute Gasteiger partial charge is 0.305 e. The molecule has 0 saturated heterocycles. The number of benzene rings is 1. The van der Waals surface area contributed by atoms with Crippen molar-refractivity contribution in [2.45, 2.75) is 32.7 Å². The number of rotatable bonds is 5. The molecule has 1 aromatic carbocycles. The largest absolute Gasteiger partial charge is 0.481 e. The molecule has 0 spiro atoms. The van der Waals surface area contributed by atoms with Crippen LogP contribution in [0.4, 0.5) is 5.69 Å². The van der Waals surface area contributed by atoms with Crippen LogP contribution in [0.3, 0.4) is 0 Å². The number of hydrazone groups is 1. The first-order chi connectivity index (χ1) is 9.95. The van der Waals surface area contributed by atoms with Gasteiger partial charge in [0.2, 0.25) is 0 Å². The fourth-order valence-corrected chi connectivity index (χ4v) is 2.17. The Bertz CT molecular complexity index is 566. The summed E-state index contributed by atoms with van der Waals surface area (Å²) in [5.74, 6) is -1.20. The van der Waals surface area contributed by atoms with Crippen LogP contribution < -0.4 is 10.3 Å². The highest BCUT2D eigenvalue weighted by atomic mass is 16.4. The normalized spacial score (nSPS) is 15.5. The first kappa shape index (κ1) is 15.0. The molecule has 6 nitrogen and oxygen atoms in total. The number of nitrogens with zero attached hydrogens (tertiary/aromatic N) is 2. The van der Waals surface area contributed by atoms with Crippen molar-refractivity contribution >= 4 is 23.3 Å². The molecule has 1 atom stereocenters. The van der Waals surface area contributed by atoms with Crippen molar-refractivity contribution in [1.82, 2.24) is 5.32 Å². The summed E-state index contributed by atoms with van der Waals surface area (Å²) >= 11 is 0. The summed E-state index contributed by atoms with van der Waals surface area (Å²) in [5.41, 5.74) is 2.55. The Labute approximate surface area is 123 Å². The van der Waals surface area contributed by atoms with Crippen LogP contribution >= 0.6 is 0 Å². The van der Waals surface area contributed by atoms with Gasteiger partial charge in [-0.2, -0.15) is 5.10 Å². The fraction of sp³-hybridized carbons (Fsp3) is 0.400. The van der Waals surface area contributed by atoms with Gasteiger partial charge in [-0.3, -0.25) is 14.6 Å². The van der Waals surface area contributed by atoms with Gasteiger partial charge >= 0.3 is 5.97 Å². The van der Waals surface area contributed by atoms with Crippen LogP contribution in [-0.2, 0) is 4.79 Å². The Morgan fingerprint density at radius 1 is 1.38 bits per heavy atom. The Morgan fingerprint density at radius 2 is 2.05 bits per heavy atom. The maximum atomic E-state index is 12.0. The number of carboxylic acid groups (broad SMARTS) is 1. The highest BCUT2D eigenvalue weighted by molar-refractivity contribution is 5.95. The van der Waals surface area contributed by atoms with E-state index in [1.54, 1.807) is 19.1 Å². The summed E-state index contributed by atoms with van der Waals surface area (Å²) in [6.07, 6.45) is 0.862. The number of aliphatic carboxylic acids is 1. The molecule has 1 aliphatic heterocycles. The molecule has 1 unspecified atom stereocenters. The molecule has 112 valence electrons. The van der Waals surface area contributed by atoms with Gasteiger partial charge in [-0.1, -0.05) is 0 Å². The lowest BCUT2D eigenvalue weighted by molar-refractivity contribution is -0.137. The van der Waals surface area contributed by atoms with Crippen molar-refractivity contribution in [3.05, 3.63) is 29.8 Å². The van der Waals surface area contributed by atoms with Crippen molar-refractivity contribution in [2.75, 3.05) is 11.6 Å². The molecular weight excluding hydrogens is 270 g/mol. The summed E-state index contributed by atoms with van der Waals surface area (Å²) in [7, 11) is 0. The second kappa shape index (κ2) is 6.39. The van der Waals surface area contributed by atoms with Crippen LogP contribution in [0, 0.1) is 0 Å². The van der Waals surface area contributed by atoms with Crippen LogP contribution in [0.5, 0.6) is 0 Å². The van der Waals surface area contributed by atoms with Crippen LogP contribution in [0.25, 0.3) is 0 Å². The Morgan fingerprint density at radius 3 is 2.57 bits per heavy atom. The van der Waals surface area contributed by atoms with Gasteiger partial charge in [0.1, 0.15) is 0 Å². The van der Waals surface area contributed by atoms with E-state index >= 15 is 0 Å². The molecule has 21 heavy (non-hydrogen) atoms. The predicted molar refractivity (Wildman–Crippen MR) is 80.7 cm³/mol. The molecule has 2 N–H and O–H groups in total. The molecule has 0 saturated carbocycles. The molecule has 1 aromatic rings. The molecular formula is C15H19N3O3. The van der Waals surface area contributed by atoms with Crippen molar-refractivity contribution in [2.24, 2.45) is 5.10 Å². The van der Waals surface area contributed by atoms with E-state index in [9.17, 15) is 9.59 Å². The average Bonchev–Trinajstić information content (AvgIpc) is 2.84. The minimum atomic E-state index is -0.930. The third-order valence-corrected chi connectivity index (χ3v) is 3.26. The van der Waals surface area contributed by atoms with E-state index in [1.807, 2.05) is 24.1 Å². The van der Waals surface area contributed by atoms with Crippen LogP contribution in [0.1, 0.15) is 37.0 Å². The highest BCUT2D eigenvalue weighted by Crippen LogP contribution is 2.19. The lowest BCUT2D eigenvalue weighted by atomic mass is 10.1.